The van der Waals surface area contributed by atoms with Crippen molar-refractivity contribution in [3.63, 3.8) is 0 Å². The highest BCUT2D eigenvalue weighted by molar-refractivity contribution is 5.81. The largest absolute Gasteiger partial charge is 0.376 e. The smallest absolute Gasteiger partial charge is 0.254 e. The van der Waals surface area contributed by atoms with Crippen molar-refractivity contribution in [2.75, 3.05) is 26.4 Å². The fourth-order valence-electron chi connectivity index (χ4n) is 3.59. The molecule has 1 atom stereocenters. The second kappa shape index (κ2) is 8.29. The van der Waals surface area contributed by atoms with Crippen molar-refractivity contribution in [3.8, 4) is 5.69 Å². The Balaban J connectivity index is 1.68. The average molecular weight is 414 g/mol. The predicted octanol–water partition coefficient (Wildman–Crippen LogP) is 2.66. The minimum atomic E-state index is -0.319. The summed E-state index contributed by atoms with van der Waals surface area (Å²) in [6, 6.07) is 7.95. The van der Waals surface area contributed by atoms with Crippen molar-refractivity contribution in [3.05, 3.63) is 57.8 Å². The maximum Gasteiger partial charge on any atom is 0.254 e. The van der Waals surface area contributed by atoms with Crippen LogP contribution in [0.1, 0.15) is 32.0 Å². The van der Waals surface area contributed by atoms with E-state index in [1.54, 1.807) is 16.8 Å². The Bertz CT molecular complexity index is 1080. The van der Waals surface area contributed by atoms with Crippen LogP contribution >= 0.6 is 0 Å². The molecule has 0 aliphatic carbocycles. The number of hydrogen-bond donors (Lipinski definition) is 2. The highest BCUT2D eigenvalue weighted by atomic mass is 19.1. The van der Waals surface area contributed by atoms with Gasteiger partial charge in [-0.05, 0) is 30.3 Å². The number of rotatable bonds is 5. The number of nitrogens with one attached hydrogen (secondary N) is 2. The third-order valence-corrected chi connectivity index (χ3v) is 5.12. The van der Waals surface area contributed by atoms with E-state index in [1.165, 1.54) is 12.1 Å². The molecule has 3 heterocycles. The fourth-order valence-corrected chi connectivity index (χ4v) is 3.59. The molecule has 30 heavy (non-hydrogen) atoms. The van der Waals surface area contributed by atoms with E-state index in [0.29, 0.717) is 49.8 Å². The number of ether oxygens (including phenoxy) is 2. The molecule has 1 fully saturated rings. The third-order valence-electron chi connectivity index (χ3n) is 5.12. The van der Waals surface area contributed by atoms with Gasteiger partial charge in [-0.1, -0.05) is 20.8 Å². The zero-order valence-corrected chi connectivity index (χ0v) is 17.5. The summed E-state index contributed by atoms with van der Waals surface area (Å²) in [4.78, 5) is 15.7. The Morgan fingerprint density at radius 1 is 1.27 bits per heavy atom. The maximum atomic E-state index is 13.4. The average Bonchev–Trinajstić information content (AvgIpc) is 3.08. The molecule has 2 N–H and O–H groups in total. The van der Waals surface area contributed by atoms with Gasteiger partial charge in [0.2, 0.25) is 0 Å². The molecule has 0 amide bonds. The van der Waals surface area contributed by atoms with E-state index in [4.69, 9.17) is 14.6 Å². The number of halogens is 1. The van der Waals surface area contributed by atoms with Gasteiger partial charge in [-0.2, -0.15) is 5.10 Å². The van der Waals surface area contributed by atoms with Gasteiger partial charge in [0, 0.05) is 29.5 Å². The van der Waals surface area contributed by atoms with Crippen LogP contribution in [-0.2, 0) is 21.4 Å². The number of aromatic amines is 1. The number of fused-ring (bicyclic) bond motifs is 1. The van der Waals surface area contributed by atoms with E-state index in [1.807, 2.05) is 6.07 Å². The highest BCUT2D eigenvalue weighted by Crippen LogP contribution is 2.30. The van der Waals surface area contributed by atoms with Crippen LogP contribution in [0, 0.1) is 5.82 Å². The van der Waals surface area contributed by atoms with Gasteiger partial charge in [0.15, 0.2) is 0 Å². The molecule has 0 saturated carbocycles. The van der Waals surface area contributed by atoms with E-state index in [2.05, 4.69) is 31.1 Å². The summed E-state index contributed by atoms with van der Waals surface area (Å²) >= 11 is 0. The molecule has 1 saturated heterocycles. The quantitative estimate of drug-likeness (QED) is 0.671. The van der Waals surface area contributed by atoms with Crippen LogP contribution in [0.5, 0.6) is 0 Å². The summed E-state index contributed by atoms with van der Waals surface area (Å²) in [5.41, 5.74) is 2.36. The minimum Gasteiger partial charge on any atom is -0.376 e. The molecular formula is C22H27FN4O3. The summed E-state index contributed by atoms with van der Waals surface area (Å²) in [7, 11) is 0. The second-order valence-corrected chi connectivity index (χ2v) is 8.57. The molecule has 1 aliphatic heterocycles. The summed E-state index contributed by atoms with van der Waals surface area (Å²) in [5, 5.41) is 8.92. The lowest BCUT2D eigenvalue weighted by atomic mass is 9.90. The normalized spacial score (nSPS) is 17.5. The molecule has 1 unspecified atom stereocenters. The Morgan fingerprint density at radius 3 is 2.70 bits per heavy atom. The van der Waals surface area contributed by atoms with E-state index in [-0.39, 0.29) is 22.9 Å². The van der Waals surface area contributed by atoms with Crippen LogP contribution in [0.4, 0.5) is 4.39 Å². The van der Waals surface area contributed by atoms with E-state index in [9.17, 15) is 9.18 Å². The molecular weight excluding hydrogens is 387 g/mol. The maximum absolute atomic E-state index is 13.4. The molecule has 7 nitrogen and oxygen atoms in total. The molecule has 0 radical (unpaired) electrons. The Kier molecular flexibility index (Phi) is 5.73. The number of aromatic nitrogens is 3. The van der Waals surface area contributed by atoms with Crippen molar-refractivity contribution in [1.82, 2.24) is 20.1 Å². The number of H-pyrrole nitrogens is 1. The fraction of sp³-hybridized carbons (Fsp3) is 0.455. The number of pyridine rings is 1. The van der Waals surface area contributed by atoms with Gasteiger partial charge in [-0.25, -0.2) is 9.07 Å². The third kappa shape index (κ3) is 4.30. The van der Waals surface area contributed by atoms with Crippen LogP contribution in [0.25, 0.3) is 16.7 Å². The molecule has 1 aromatic carbocycles. The summed E-state index contributed by atoms with van der Waals surface area (Å²) in [5.74, 6) is -0.319. The van der Waals surface area contributed by atoms with Gasteiger partial charge >= 0.3 is 0 Å². The van der Waals surface area contributed by atoms with Gasteiger partial charge in [-0.3, -0.25) is 4.79 Å². The van der Waals surface area contributed by atoms with Crippen LogP contribution in [0.3, 0.4) is 0 Å². The molecule has 0 spiro atoms. The first-order chi connectivity index (χ1) is 14.3. The van der Waals surface area contributed by atoms with Crippen LogP contribution in [0.15, 0.2) is 35.1 Å². The summed E-state index contributed by atoms with van der Waals surface area (Å²) in [6.45, 7) is 9.03. The van der Waals surface area contributed by atoms with Crippen LogP contribution < -0.4 is 10.9 Å². The minimum absolute atomic E-state index is 0.00655. The van der Waals surface area contributed by atoms with Crippen molar-refractivity contribution in [2.24, 2.45) is 0 Å². The van der Waals surface area contributed by atoms with Gasteiger partial charge in [-0.15, -0.1) is 0 Å². The number of benzene rings is 1. The second-order valence-electron chi connectivity index (χ2n) is 8.57. The van der Waals surface area contributed by atoms with Gasteiger partial charge < -0.3 is 19.8 Å². The summed E-state index contributed by atoms with van der Waals surface area (Å²) in [6.07, 6.45) is -0.00655. The van der Waals surface area contributed by atoms with Crippen LogP contribution in [0.2, 0.25) is 0 Å². The van der Waals surface area contributed by atoms with Gasteiger partial charge in [0.1, 0.15) is 11.5 Å². The van der Waals surface area contributed by atoms with Gasteiger partial charge in [0.25, 0.3) is 5.56 Å². The van der Waals surface area contributed by atoms with Gasteiger partial charge in [0.05, 0.1) is 37.3 Å². The van der Waals surface area contributed by atoms with Crippen molar-refractivity contribution < 1.29 is 13.9 Å². The number of nitrogens with zero attached hydrogens (tertiary/aromatic N) is 2. The molecule has 1 aliphatic rings. The molecule has 8 heteroatoms. The standard InChI is InChI=1S/C22H27FN4O3/c1-22(2,3)19-18-10-14(11-24-12-17-13-29-8-9-30-17)21(28)25-20(18)27(26-19)16-6-4-15(23)5-7-16/h4-7,10,17,24H,8-9,11-13H2,1-3H3,(H,25,28). The lowest BCUT2D eigenvalue weighted by Crippen LogP contribution is -2.37. The monoisotopic (exact) mass is 414 g/mol. The van der Waals surface area contributed by atoms with Crippen molar-refractivity contribution in [2.45, 2.75) is 38.8 Å². The molecule has 160 valence electrons. The Hall–Kier alpha value is -2.55. The molecule has 2 aromatic heterocycles. The zero-order chi connectivity index (χ0) is 21.3. The van der Waals surface area contributed by atoms with Crippen molar-refractivity contribution >= 4 is 11.0 Å². The Morgan fingerprint density at radius 2 is 2.03 bits per heavy atom. The summed E-state index contributed by atoms with van der Waals surface area (Å²) < 4.78 is 26.1. The first kappa shape index (κ1) is 20.7. The highest BCUT2D eigenvalue weighted by Gasteiger charge is 2.24. The van der Waals surface area contributed by atoms with E-state index < -0.39 is 0 Å². The SMILES string of the molecule is CC(C)(C)c1nn(-c2ccc(F)cc2)c2[nH]c(=O)c(CNCC3COCCO3)cc12. The lowest BCUT2D eigenvalue weighted by molar-refractivity contribution is -0.0864. The molecule has 0 bridgehead atoms. The number of hydrogen-bond acceptors (Lipinski definition) is 5. The van der Waals surface area contributed by atoms with E-state index in [0.717, 1.165) is 11.1 Å². The van der Waals surface area contributed by atoms with Crippen molar-refractivity contribution in [1.29, 1.82) is 0 Å². The lowest BCUT2D eigenvalue weighted by Gasteiger charge is -2.23. The first-order valence-electron chi connectivity index (χ1n) is 10.1. The predicted molar refractivity (Wildman–Crippen MR) is 113 cm³/mol. The zero-order valence-electron chi connectivity index (χ0n) is 17.5. The topological polar surface area (TPSA) is 81.2 Å². The van der Waals surface area contributed by atoms with E-state index >= 15 is 0 Å². The first-order valence-corrected chi connectivity index (χ1v) is 10.1. The molecule has 4 rings (SSSR count). The van der Waals surface area contributed by atoms with Crippen LogP contribution in [-0.4, -0.2) is 47.2 Å². The Labute approximate surface area is 174 Å². The molecule has 3 aromatic rings.